The van der Waals surface area contributed by atoms with Crippen LogP contribution < -0.4 is 0 Å². The van der Waals surface area contributed by atoms with Gasteiger partial charge in [0.1, 0.15) is 6.61 Å². The lowest BCUT2D eigenvalue weighted by atomic mass is 9.72. The van der Waals surface area contributed by atoms with Crippen molar-refractivity contribution in [3.05, 3.63) is 117 Å². The van der Waals surface area contributed by atoms with Crippen LogP contribution in [-0.4, -0.2) is 12.6 Å². The van der Waals surface area contributed by atoms with Gasteiger partial charge < -0.3 is 4.74 Å². The third kappa shape index (κ3) is 12.0. The van der Waals surface area contributed by atoms with Crippen LogP contribution in [0.25, 0.3) is 0 Å². The highest BCUT2D eigenvalue weighted by Gasteiger charge is 2.27. The van der Waals surface area contributed by atoms with E-state index in [1.165, 1.54) is 78.0 Å². The van der Waals surface area contributed by atoms with Crippen LogP contribution in [0.15, 0.2) is 117 Å². The average molecular weight is 569 g/mol. The molecule has 0 aliphatic heterocycles. The van der Waals surface area contributed by atoms with Crippen LogP contribution in [0.4, 0.5) is 0 Å². The second-order valence-corrected chi connectivity index (χ2v) is 13.5. The van der Waals surface area contributed by atoms with Gasteiger partial charge in [0.05, 0.1) is 0 Å². The molecule has 0 unspecified atom stereocenters. The Balaban J connectivity index is 1.83. The lowest BCUT2D eigenvalue weighted by Gasteiger charge is -2.33. The van der Waals surface area contributed by atoms with Gasteiger partial charge in [0.25, 0.3) is 0 Å². The van der Waals surface area contributed by atoms with E-state index in [0.29, 0.717) is 0 Å². The average Bonchev–Trinajstić information content (AvgIpc) is 2.87. The molecule has 0 heterocycles. The van der Waals surface area contributed by atoms with Crippen LogP contribution in [-0.2, 0) is 9.53 Å². The summed E-state index contributed by atoms with van der Waals surface area (Å²) in [5, 5.41) is 0. The molecule has 0 aromatic heterocycles. The summed E-state index contributed by atoms with van der Waals surface area (Å²) in [6.07, 6.45) is 32.1. The van der Waals surface area contributed by atoms with Crippen LogP contribution in [0.1, 0.15) is 108 Å². The number of ether oxygens (including phenoxy) is 1. The second-order valence-electron chi connectivity index (χ2n) is 13.5. The van der Waals surface area contributed by atoms with Crippen molar-refractivity contribution >= 4 is 5.97 Å². The molecule has 0 aromatic carbocycles. The first-order valence-corrected chi connectivity index (χ1v) is 15.7. The van der Waals surface area contributed by atoms with E-state index in [0.717, 1.165) is 11.1 Å². The van der Waals surface area contributed by atoms with Crippen LogP contribution >= 0.6 is 0 Å². The van der Waals surface area contributed by atoms with E-state index >= 15 is 0 Å². The molecule has 2 aliphatic rings. The summed E-state index contributed by atoms with van der Waals surface area (Å²) >= 11 is 0. The van der Waals surface area contributed by atoms with Crippen molar-refractivity contribution in [2.24, 2.45) is 10.8 Å². The Bertz CT molecular complexity index is 1270. The van der Waals surface area contributed by atoms with E-state index in [1.54, 1.807) is 0 Å². The quantitative estimate of drug-likeness (QED) is 0.141. The van der Waals surface area contributed by atoms with Gasteiger partial charge in [0.2, 0.25) is 0 Å². The van der Waals surface area contributed by atoms with E-state index < -0.39 is 0 Å². The molecule has 2 heteroatoms. The first-order chi connectivity index (χ1) is 19.7. The molecule has 0 amide bonds. The number of carbonyl (C=O) groups excluding carboxylic acids is 1. The fourth-order valence-corrected chi connectivity index (χ4v) is 5.86. The number of carbonyl (C=O) groups is 1. The highest BCUT2D eigenvalue weighted by Crippen LogP contribution is 2.41. The van der Waals surface area contributed by atoms with Gasteiger partial charge >= 0.3 is 5.97 Å². The molecular formula is C40H56O2. The molecule has 0 aromatic rings. The molecule has 2 aliphatic carbocycles. The summed E-state index contributed by atoms with van der Waals surface area (Å²) in [6, 6.07) is 0. The minimum Gasteiger partial charge on any atom is -0.458 e. The lowest BCUT2D eigenvalue weighted by Crippen LogP contribution is -2.19. The van der Waals surface area contributed by atoms with Crippen molar-refractivity contribution in [1.29, 1.82) is 0 Å². The molecular weight excluding hydrogens is 512 g/mol. The van der Waals surface area contributed by atoms with Crippen molar-refractivity contribution in [1.82, 2.24) is 0 Å². The summed E-state index contributed by atoms with van der Waals surface area (Å²) in [6.45, 7) is 22.3. The summed E-state index contributed by atoms with van der Waals surface area (Å²) in [7, 11) is 0. The van der Waals surface area contributed by atoms with Gasteiger partial charge in [-0.15, -0.1) is 0 Å². The van der Waals surface area contributed by atoms with Crippen molar-refractivity contribution < 1.29 is 9.53 Å². The summed E-state index contributed by atoms with van der Waals surface area (Å²) in [5.41, 5.74) is 10.8. The Kier molecular flexibility index (Phi) is 13.8. The zero-order valence-corrected chi connectivity index (χ0v) is 28.2. The fraction of sp³-hybridized carbons (Fsp3) is 0.475. The summed E-state index contributed by atoms with van der Waals surface area (Å²) < 4.78 is 5.39. The Morgan fingerprint density at radius 1 is 0.690 bits per heavy atom. The molecule has 2 nitrogen and oxygen atoms in total. The smallest absolute Gasteiger partial charge is 0.331 e. The minimum absolute atomic E-state index is 0.246. The number of esters is 1. The normalized spacial score (nSPS) is 21.1. The maximum absolute atomic E-state index is 12.2. The predicted octanol–water partition coefficient (Wildman–Crippen LogP) is 11.6. The van der Waals surface area contributed by atoms with Gasteiger partial charge in [-0.05, 0) is 114 Å². The SMILES string of the molecule is CC(C=CC1=C(C)CCCC1(C)C)=CC=C/C(C)=C/COC(=O)/C=C(C)/C=C/C=C(C)/C=C/C1=C(C)CCCC1(C)C. The van der Waals surface area contributed by atoms with Crippen LogP contribution in [0, 0.1) is 10.8 Å². The molecule has 0 saturated heterocycles. The number of hydrogen-bond donors (Lipinski definition) is 0. The topological polar surface area (TPSA) is 26.3 Å². The van der Waals surface area contributed by atoms with E-state index in [1.807, 2.05) is 44.2 Å². The molecule has 0 N–H and O–H groups in total. The zero-order valence-electron chi connectivity index (χ0n) is 28.2. The molecule has 0 atom stereocenters. The van der Waals surface area contributed by atoms with Crippen molar-refractivity contribution in [2.45, 2.75) is 108 Å². The van der Waals surface area contributed by atoms with E-state index in [-0.39, 0.29) is 23.4 Å². The van der Waals surface area contributed by atoms with Gasteiger partial charge in [-0.1, -0.05) is 116 Å². The molecule has 0 radical (unpaired) electrons. The van der Waals surface area contributed by atoms with Crippen LogP contribution in [0.2, 0.25) is 0 Å². The maximum Gasteiger partial charge on any atom is 0.331 e. The molecule has 2 rings (SSSR count). The van der Waals surface area contributed by atoms with E-state index in [9.17, 15) is 4.79 Å². The first-order valence-electron chi connectivity index (χ1n) is 15.7. The predicted molar refractivity (Wildman–Crippen MR) is 183 cm³/mol. The van der Waals surface area contributed by atoms with Gasteiger partial charge in [0, 0.05) is 6.08 Å². The van der Waals surface area contributed by atoms with Gasteiger partial charge in [0.15, 0.2) is 0 Å². The third-order valence-corrected chi connectivity index (χ3v) is 8.52. The highest BCUT2D eigenvalue weighted by atomic mass is 16.5. The van der Waals surface area contributed by atoms with Crippen molar-refractivity contribution in [3.8, 4) is 0 Å². The molecule has 228 valence electrons. The lowest BCUT2D eigenvalue weighted by molar-refractivity contribution is -0.136. The van der Waals surface area contributed by atoms with Crippen LogP contribution in [0.3, 0.4) is 0 Å². The van der Waals surface area contributed by atoms with E-state index in [4.69, 9.17) is 4.74 Å². The minimum atomic E-state index is -0.330. The Morgan fingerprint density at radius 3 is 1.60 bits per heavy atom. The first kappa shape index (κ1) is 35.1. The summed E-state index contributed by atoms with van der Waals surface area (Å²) in [5.74, 6) is -0.330. The summed E-state index contributed by atoms with van der Waals surface area (Å²) in [4.78, 5) is 12.2. The maximum atomic E-state index is 12.2. The Morgan fingerprint density at radius 2 is 1.14 bits per heavy atom. The van der Waals surface area contributed by atoms with Crippen LogP contribution in [0.5, 0.6) is 0 Å². The van der Waals surface area contributed by atoms with Gasteiger partial charge in [-0.3, -0.25) is 0 Å². The molecule has 0 bridgehead atoms. The molecule has 0 fully saturated rings. The number of hydrogen-bond acceptors (Lipinski definition) is 2. The van der Waals surface area contributed by atoms with Gasteiger partial charge in [-0.2, -0.15) is 0 Å². The van der Waals surface area contributed by atoms with Crippen molar-refractivity contribution in [2.75, 3.05) is 6.61 Å². The number of rotatable bonds is 11. The van der Waals surface area contributed by atoms with E-state index in [2.05, 4.69) is 91.8 Å². The largest absolute Gasteiger partial charge is 0.458 e. The third-order valence-electron chi connectivity index (χ3n) is 8.52. The van der Waals surface area contributed by atoms with Crippen molar-refractivity contribution in [3.63, 3.8) is 0 Å². The number of allylic oxidation sites excluding steroid dienone is 18. The highest BCUT2D eigenvalue weighted by molar-refractivity contribution is 5.83. The fourth-order valence-electron chi connectivity index (χ4n) is 5.86. The standard InChI is InChI=1S/C40H56O2/c1-30(21-23-36-34(5)19-13-26-39(36,7)8)15-11-17-32(3)25-28-42-38(41)29-33(4)18-12-16-31(2)22-24-37-35(6)20-14-27-40(37,9)10/h11-12,15-18,21-25,29H,13-14,19-20,26-28H2,1-10H3/b17-11?,18-12+,23-21?,24-22+,30-15?,31-16+,32-25+,33-29+. The molecule has 0 saturated carbocycles. The zero-order chi connectivity index (χ0) is 31.3. The Hall–Kier alpha value is -3.13. The van der Waals surface area contributed by atoms with Gasteiger partial charge in [-0.25, -0.2) is 4.79 Å². The molecule has 42 heavy (non-hydrogen) atoms. The second kappa shape index (κ2) is 16.5. The molecule has 0 spiro atoms. The Labute approximate surface area is 257 Å². The monoisotopic (exact) mass is 568 g/mol.